The fraction of sp³-hybridized carbons (Fsp3) is 0.182. The molecule has 7 nitrogen and oxygen atoms in total. The number of rotatable bonds is 7. The molecule has 32 heavy (non-hydrogen) atoms. The Morgan fingerprint density at radius 2 is 1.62 bits per heavy atom. The van der Waals surface area contributed by atoms with Crippen LogP contribution in [0.15, 0.2) is 59.8 Å². The highest BCUT2D eigenvalue weighted by molar-refractivity contribution is 7.90. The van der Waals surface area contributed by atoms with E-state index in [-0.39, 0.29) is 40.4 Å². The molecule has 0 saturated carbocycles. The molecule has 0 unspecified atom stereocenters. The Bertz CT molecular complexity index is 1360. The monoisotopic (exact) mass is 459 g/mol. The molecule has 0 atom stereocenters. The van der Waals surface area contributed by atoms with E-state index in [2.05, 4.69) is 9.97 Å². The van der Waals surface area contributed by atoms with Gasteiger partial charge in [-0.25, -0.2) is 31.1 Å². The van der Waals surface area contributed by atoms with Crippen molar-refractivity contribution in [2.24, 2.45) is 0 Å². The summed E-state index contributed by atoms with van der Waals surface area (Å²) < 4.78 is 65.9. The van der Waals surface area contributed by atoms with Crippen molar-refractivity contribution in [3.05, 3.63) is 77.8 Å². The summed E-state index contributed by atoms with van der Waals surface area (Å²) in [6.45, 7) is 0. The largest absolute Gasteiger partial charge is 0.494 e. The Balaban J connectivity index is 1.64. The summed E-state index contributed by atoms with van der Waals surface area (Å²) in [5.74, 6) is -1.86. The Labute approximate surface area is 183 Å². The van der Waals surface area contributed by atoms with E-state index in [1.807, 2.05) is 0 Å². The third-order valence-corrected chi connectivity index (χ3v) is 6.68. The van der Waals surface area contributed by atoms with Crippen LogP contribution in [0.3, 0.4) is 0 Å². The van der Waals surface area contributed by atoms with Gasteiger partial charge in [-0.2, -0.15) is 0 Å². The molecule has 0 aliphatic heterocycles. The number of benzene rings is 2. The van der Waals surface area contributed by atoms with E-state index in [9.17, 15) is 17.2 Å². The summed E-state index contributed by atoms with van der Waals surface area (Å²) in [4.78, 5) is 8.78. The molecule has 0 bridgehead atoms. The van der Waals surface area contributed by atoms with E-state index in [1.165, 1.54) is 44.8 Å². The molecule has 2 aromatic heterocycles. The fourth-order valence-electron chi connectivity index (χ4n) is 3.36. The minimum absolute atomic E-state index is 0.0194. The van der Waals surface area contributed by atoms with Crippen molar-refractivity contribution >= 4 is 21.2 Å². The summed E-state index contributed by atoms with van der Waals surface area (Å²) >= 11 is 0. The molecule has 0 aliphatic rings. The van der Waals surface area contributed by atoms with Crippen LogP contribution in [0.25, 0.3) is 11.2 Å². The van der Waals surface area contributed by atoms with Gasteiger partial charge in [0.25, 0.3) is 10.0 Å². The average molecular weight is 459 g/mol. The van der Waals surface area contributed by atoms with Gasteiger partial charge < -0.3 is 9.47 Å². The molecule has 0 amide bonds. The van der Waals surface area contributed by atoms with E-state index in [0.29, 0.717) is 11.2 Å². The molecule has 0 fully saturated rings. The number of ether oxygens (including phenoxy) is 2. The number of methoxy groups -OCH3 is 2. The molecular weight excluding hydrogens is 440 g/mol. The van der Waals surface area contributed by atoms with Gasteiger partial charge in [0.2, 0.25) is 0 Å². The lowest BCUT2D eigenvalue weighted by Gasteiger charge is -2.12. The van der Waals surface area contributed by atoms with Gasteiger partial charge in [0.15, 0.2) is 28.8 Å². The fourth-order valence-corrected chi connectivity index (χ4v) is 4.67. The van der Waals surface area contributed by atoms with Gasteiger partial charge in [0.05, 0.1) is 31.0 Å². The number of nitrogens with zero attached hydrogens (tertiary/aromatic N) is 3. The third kappa shape index (κ3) is 3.77. The summed E-state index contributed by atoms with van der Waals surface area (Å²) in [5.41, 5.74) is 0.782. The smallest absolute Gasteiger partial charge is 0.269 e. The highest BCUT2D eigenvalue weighted by Crippen LogP contribution is 2.32. The number of fused-ring (bicyclic) bond motifs is 1. The van der Waals surface area contributed by atoms with Crippen molar-refractivity contribution in [1.29, 1.82) is 0 Å². The SMILES string of the molecule is COc1cc(OC)c(F)c(CCc2cnc3c(ccn3S(=O)(=O)c3ccccc3)n2)c1F. The Morgan fingerprint density at radius 1 is 0.969 bits per heavy atom. The molecule has 4 rings (SSSR count). The molecule has 0 aliphatic carbocycles. The lowest BCUT2D eigenvalue weighted by atomic mass is 10.1. The van der Waals surface area contributed by atoms with Gasteiger partial charge in [-0.3, -0.25) is 0 Å². The van der Waals surface area contributed by atoms with Crippen molar-refractivity contribution in [2.75, 3.05) is 14.2 Å². The zero-order valence-electron chi connectivity index (χ0n) is 17.2. The highest BCUT2D eigenvalue weighted by atomic mass is 32.2. The van der Waals surface area contributed by atoms with Crippen LogP contribution in [-0.4, -0.2) is 36.6 Å². The van der Waals surface area contributed by atoms with Gasteiger partial charge in [-0.15, -0.1) is 0 Å². The van der Waals surface area contributed by atoms with Crippen LogP contribution in [0.4, 0.5) is 8.78 Å². The maximum absolute atomic E-state index is 14.6. The molecule has 0 N–H and O–H groups in total. The van der Waals surface area contributed by atoms with E-state index in [4.69, 9.17) is 9.47 Å². The molecule has 0 spiro atoms. The van der Waals surface area contributed by atoms with Crippen LogP contribution in [0.5, 0.6) is 11.5 Å². The Kier molecular flexibility index (Phi) is 5.79. The van der Waals surface area contributed by atoms with Crippen LogP contribution >= 0.6 is 0 Å². The summed E-state index contributed by atoms with van der Waals surface area (Å²) in [5, 5.41) is 0. The first kappa shape index (κ1) is 21.7. The maximum atomic E-state index is 14.6. The maximum Gasteiger partial charge on any atom is 0.269 e. The second-order valence-electron chi connectivity index (χ2n) is 6.89. The second-order valence-corrected chi connectivity index (χ2v) is 8.70. The van der Waals surface area contributed by atoms with Crippen LogP contribution in [0.2, 0.25) is 0 Å². The Hall–Kier alpha value is -3.53. The predicted octanol–water partition coefficient (Wildman–Crippen LogP) is 3.75. The Morgan fingerprint density at radius 3 is 2.25 bits per heavy atom. The lowest BCUT2D eigenvalue weighted by molar-refractivity contribution is 0.353. The highest BCUT2D eigenvalue weighted by Gasteiger charge is 2.22. The van der Waals surface area contributed by atoms with Gasteiger partial charge >= 0.3 is 0 Å². The van der Waals surface area contributed by atoms with Crippen LogP contribution in [-0.2, 0) is 22.9 Å². The van der Waals surface area contributed by atoms with Crippen molar-refractivity contribution < 1.29 is 26.7 Å². The van der Waals surface area contributed by atoms with Crippen molar-refractivity contribution in [1.82, 2.24) is 13.9 Å². The number of hydrogen-bond donors (Lipinski definition) is 0. The third-order valence-electron chi connectivity index (χ3n) is 5.00. The molecule has 0 saturated heterocycles. The molecule has 10 heteroatoms. The quantitative estimate of drug-likeness (QED) is 0.419. The van der Waals surface area contributed by atoms with E-state index in [0.717, 1.165) is 10.0 Å². The number of aryl methyl sites for hydroxylation is 1. The summed E-state index contributed by atoms with van der Waals surface area (Å²) in [7, 11) is -1.26. The molecule has 4 aromatic rings. The first-order valence-electron chi connectivity index (χ1n) is 9.59. The zero-order chi connectivity index (χ0) is 22.9. The van der Waals surface area contributed by atoms with E-state index < -0.39 is 21.7 Å². The van der Waals surface area contributed by atoms with E-state index >= 15 is 0 Å². The predicted molar refractivity (Wildman–Crippen MR) is 113 cm³/mol. The first-order valence-corrected chi connectivity index (χ1v) is 11.0. The molecule has 0 radical (unpaired) electrons. The van der Waals surface area contributed by atoms with Crippen LogP contribution in [0, 0.1) is 11.6 Å². The second kappa shape index (κ2) is 8.54. The van der Waals surface area contributed by atoms with Crippen molar-refractivity contribution in [3.63, 3.8) is 0 Å². The zero-order valence-corrected chi connectivity index (χ0v) is 18.1. The normalized spacial score (nSPS) is 11.6. The van der Waals surface area contributed by atoms with Crippen LogP contribution in [0.1, 0.15) is 11.3 Å². The molecule has 166 valence electrons. The van der Waals surface area contributed by atoms with Gasteiger partial charge in [-0.1, -0.05) is 18.2 Å². The minimum atomic E-state index is -3.83. The average Bonchev–Trinajstić information content (AvgIpc) is 3.24. The van der Waals surface area contributed by atoms with E-state index in [1.54, 1.807) is 18.2 Å². The molecule has 2 aromatic carbocycles. The van der Waals surface area contributed by atoms with Crippen molar-refractivity contribution in [2.45, 2.75) is 17.7 Å². The minimum Gasteiger partial charge on any atom is -0.494 e. The van der Waals surface area contributed by atoms with Gasteiger partial charge in [0, 0.05) is 17.8 Å². The standard InChI is InChI=1S/C22H19F2N3O4S/c1-30-18-12-19(31-2)21(24)16(20(18)23)9-8-14-13-25-22-17(26-14)10-11-27(22)32(28,29)15-6-4-3-5-7-15/h3-7,10-13H,8-9H2,1-2H3. The summed E-state index contributed by atoms with van der Waals surface area (Å²) in [6.07, 6.45) is 2.92. The molecular formula is C22H19F2N3O4S. The summed E-state index contributed by atoms with van der Waals surface area (Å²) in [6, 6.07) is 10.7. The number of halogens is 2. The topological polar surface area (TPSA) is 83.3 Å². The van der Waals surface area contributed by atoms with Gasteiger partial charge in [0.1, 0.15) is 5.52 Å². The lowest BCUT2D eigenvalue weighted by Crippen LogP contribution is -2.12. The number of aromatic nitrogens is 3. The first-order chi connectivity index (χ1) is 15.4. The molecule has 2 heterocycles. The van der Waals surface area contributed by atoms with Crippen molar-refractivity contribution in [3.8, 4) is 11.5 Å². The van der Waals surface area contributed by atoms with Crippen LogP contribution < -0.4 is 9.47 Å². The van der Waals surface area contributed by atoms with Gasteiger partial charge in [-0.05, 0) is 31.0 Å². The number of hydrogen-bond acceptors (Lipinski definition) is 6.